The molecule has 178 valence electrons. The Balaban J connectivity index is 0.991. The van der Waals surface area contributed by atoms with E-state index in [1.165, 1.54) is 0 Å². The summed E-state index contributed by atoms with van der Waals surface area (Å²) in [5, 5.41) is 17.7. The van der Waals surface area contributed by atoms with E-state index < -0.39 is 0 Å². The van der Waals surface area contributed by atoms with Crippen LogP contribution in [0.4, 0.5) is 0 Å². The molecule has 2 fully saturated rings. The zero-order valence-electron chi connectivity index (χ0n) is 19.1. The van der Waals surface area contributed by atoms with E-state index >= 15 is 0 Å². The van der Waals surface area contributed by atoms with E-state index in [0.29, 0.717) is 41.6 Å². The van der Waals surface area contributed by atoms with Gasteiger partial charge in [0, 0.05) is 43.2 Å². The Morgan fingerprint density at radius 1 is 1.17 bits per heavy atom. The second kappa shape index (κ2) is 8.61. The molecule has 6 rings (SSSR count). The van der Waals surface area contributed by atoms with Gasteiger partial charge in [-0.3, -0.25) is 14.6 Å². The van der Waals surface area contributed by atoms with Crippen LogP contribution in [0.15, 0.2) is 53.2 Å². The van der Waals surface area contributed by atoms with E-state index in [1.54, 1.807) is 18.5 Å². The number of nitrogens with zero attached hydrogens (tertiary/aromatic N) is 5. The molecule has 1 spiro atoms. The third kappa shape index (κ3) is 4.27. The number of rotatable bonds is 6. The number of aromatic nitrogens is 5. The van der Waals surface area contributed by atoms with Gasteiger partial charge in [0.2, 0.25) is 0 Å². The first-order chi connectivity index (χ1) is 17.1. The monoisotopic (exact) mass is 471 g/mol. The Bertz CT molecular complexity index is 1320. The van der Waals surface area contributed by atoms with E-state index in [0.717, 1.165) is 43.3 Å². The SMILES string of the molecule is O=C(NCC1CC12CCN(C(=O)c1ccc(Cc3nnn[nH]3)cc1)CC2)c1cc2ccncc2o1. The number of furan rings is 1. The minimum atomic E-state index is -0.195. The number of hydrogen-bond donors (Lipinski definition) is 2. The number of fused-ring (bicyclic) bond motifs is 1. The molecule has 2 amide bonds. The van der Waals surface area contributed by atoms with E-state index in [2.05, 4.69) is 30.9 Å². The number of likely N-dealkylation sites (tertiary alicyclic amines) is 1. The van der Waals surface area contributed by atoms with Crippen LogP contribution in [0.2, 0.25) is 0 Å². The highest BCUT2D eigenvalue weighted by atomic mass is 16.3. The van der Waals surface area contributed by atoms with Gasteiger partial charge in [-0.25, -0.2) is 5.10 Å². The summed E-state index contributed by atoms with van der Waals surface area (Å²) < 4.78 is 5.61. The number of carbonyl (C=O) groups excluding carboxylic acids is 2. The summed E-state index contributed by atoms with van der Waals surface area (Å²) in [6.45, 7) is 2.11. The summed E-state index contributed by atoms with van der Waals surface area (Å²) in [7, 11) is 0. The van der Waals surface area contributed by atoms with Crippen LogP contribution in [0.25, 0.3) is 11.0 Å². The van der Waals surface area contributed by atoms with Crippen LogP contribution in [0, 0.1) is 11.3 Å². The molecule has 0 bridgehead atoms. The number of H-pyrrole nitrogens is 1. The standard InChI is InChI=1S/C25H25N7O3/c33-23(20-12-18-5-8-26-15-21(18)35-20)27-14-19-13-25(19)6-9-32(10-7-25)24(34)17-3-1-16(2-4-17)11-22-28-30-31-29-22/h1-5,8,12,15,19H,6-7,9-11,13-14H2,(H,27,33)(H,28,29,30,31). The smallest absolute Gasteiger partial charge is 0.287 e. The fourth-order valence-corrected chi connectivity index (χ4v) is 5.18. The second-order valence-corrected chi connectivity index (χ2v) is 9.51. The number of nitrogens with one attached hydrogen (secondary N) is 2. The van der Waals surface area contributed by atoms with Crippen LogP contribution < -0.4 is 5.32 Å². The summed E-state index contributed by atoms with van der Waals surface area (Å²) in [5.41, 5.74) is 2.58. The van der Waals surface area contributed by atoms with Crippen LogP contribution in [0.3, 0.4) is 0 Å². The third-order valence-corrected chi connectivity index (χ3v) is 7.42. The number of amides is 2. The molecule has 0 radical (unpaired) electrons. The van der Waals surface area contributed by atoms with E-state index in [-0.39, 0.29) is 17.2 Å². The minimum absolute atomic E-state index is 0.0672. The first-order valence-electron chi connectivity index (χ1n) is 11.8. The first-order valence-corrected chi connectivity index (χ1v) is 11.8. The molecule has 3 aromatic heterocycles. The normalized spacial score (nSPS) is 18.6. The first kappa shape index (κ1) is 21.5. The van der Waals surface area contributed by atoms with Crippen molar-refractivity contribution in [1.82, 2.24) is 35.8 Å². The Morgan fingerprint density at radius 2 is 2.00 bits per heavy atom. The lowest BCUT2D eigenvalue weighted by molar-refractivity contribution is 0.0668. The molecule has 2 N–H and O–H groups in total. The van der Waals surface area contributed by atoms with E-state index in [1.807, 2.05) is 35.2 Å². The number of pyridine rings is 1. The van der Waals surface area contributed by atoms with Gasteiger partial charge < -0.3 is 14.6 Å². The molecule has 2 aliphatic rings. The summed E-state index contributed by atoms with van der Waals surface area (Å²) in [6.07, 6.45) is 6.90. The zero-order valence-corrected chi connectivity index (χ0v) is 19.1. The average molecular weight is 472 g/mol. The second-order valence-electron chi connectivity index (χ2n) is 9.51. The summed E-state index contributed by atoms with van der Waals surface area (Å²) in [4.78, 5) is 31.5. The van der Waals surface area contributed by atoms with Crippen molar-refractivity contribution in [3.63, 3.8) is 0 Å². The van der Waals surface area contributed by atoms with Gasteiger partial charge in [0.15, 0.2) is 17.2 Å². The summed E-state index contributed by atoms with van der Waals surface area (Å²) in [6, 6.07) is 11.2. The lowest BCUT2D eigenvalue weighted by Crippen LogP contribution is -2.40. The Morgan fingerprint density at radius 3 is 2.74 bits per heavy atom. The molecule has 1 aliphatic heterocycles. The number of carbonyl (C=O) groups is 2. The van der Waals surface area contributed by atoms with Crippen LogP contribution in [0.5, 0.6) is 0 Å². The number of benzene rings is 1. The lowest BCUT2D eigenvalue weighted by atomic mass is 9.90. The minimum Gasteiger partial charge on any atom is -0.449 e. The highest BCUT2D eigenvalue weighted by Crippen LogP contribution is 2.59. The highest BCUT2D eigenvalue weighted by Gasteiger charge is 2.54. The molecular formula is C25H25N7O3. The van der Waals surface area contributed by atoms with Crippen molar-refractivity contribution in [3.8, 4) is 0 Å². The molecule has 10 nitrogen and oxygen atoms in total. The molecule has 4 heterocycles. The number of piperidine rings is 1. The molecule has 1 saturated heterocycles. The topological polar surface area (TPSA) is 130 Å². The largest absolute Gasteiger partial charge is 0.449 e. The van der Waals surface area contributed by atoms with Crippen LogP contribution in [-0.4, -0.2) is 62.0 Å². The molecule has 4 aromatic rings. The molecule has 1 unspecified atom stereocenters. The molecule has 1 saturated carbocycles. The Kier molecular flexibility index (Phi) is 5.28. The molecule has 1 aromatic carbocycles. The maximum atomic E-state index is 13.0. The Labute approximate surface area is 201 Å². The average Bonchev–Trinajstić information content (AvgIpc) is 3.24. The fourth-order valence-electron chi connectivity index (χ4n) is 5.18. The van der Waals surface area contributed by atoms with Crippen molar-refractivity contribution in [2.75, 3.05) is 19.6 Å². The molecular weight excluding hydrogens is 446 g/mol. The predicted molar refractivity (Wildman–Crippen MR) is 125 cm³/mol. The van der Waals surface area contributed by atoms with Gasteiger partial charge in [-0.05, 0) is 70.9 Å². The van der Waals surface area contributed by atoms with Crippen molar-refractivity contribution in [3.05, 3.63) is 71.5 Å². The van der Waals surface area contributed by atoms with Crippen molar-refractivity contribution < 1.29 is 14.0 Å². The van der Waals surface area contributed by atoms with E-state index in [4.69, 9.17) is 4.42 Å². The van der Waals surface area contributed by atoms with Gasteiger partial charge in [-0.15, -0.1) is 5.10 Å². The molecule has 10 heteroatoms. The van der Waals surface area contributed by atoms with Crippen molar-refractivity contribution >= 4 is 22.8 Å². The molecule has 35 heavy (non-hydrogen) atoms. The Hall–Kier alpha value is -4.08. The summed E-state index contributed by atoms with van der Waals surface area (Å²) >= 11 is 0. The van der Waals surface area contributed by atoms with Gasteiger partial charge in [0.1, 0.15) is 0 Å². The van der Waals surface area contributed by atoms with Crippen molar-refractivity contribution in [1.29, 1.82) is 0 Å². The molecule has 1 aliphatic carbocycles. The fraction of sp³-hybridized carbons (Fsp3) is 0.360. The number of hydrogen-bond acceptors (Lipinski definition) is 7. The predicted octanol–water partition coefficient (Wildman–Crippen LogP) is 2.60. The third-order valence-electron chi connectivity index (χ3n) is 7.42. The van der Waals surface area contributed by atoms with Gasteiger partial charge in [0.05, 0.1) is 6.20 Å². The number of aromatic amines is 1. The quantitative estimate of drug-likeness (QED) is 0.442. The van der Waals surface area contributed by atoms with E-state index in [9.17, 15) is 9.59 Å². The van der Waals surface area contributed by atoms with Crippen molar-refractivity contribution in [2.45, 2.75) is 25.7 Å². The van der Waals surface area contributed by atoms with Crippen LogP contribution >= 0.6 is 0 Å². The van der Waals surface area contributed by atoms with Crippen molar-refractivity contribution in [2.24, 2.45) is 11.3 Å². The van der Waals surface area contributed by atoms with Gasteiger partial charge in [0.25, 0.3) is 11.8 Å². The molecule has 1 atom stereocenters. The maximum Gasteiger partial charge on any atom is 0.287 e. The summed E-state index contributed by atoms with van der Waals surface area (Å²) in [5.74, 6) is 1.32. The zero-order chi connectivity index (χ0) is 23.8. The van der Waals surface area contributed by atoms with Gasteiger partial charge in [-0.1, -0.05) is 12.1 Å². The van der Waals surface area contributed by atoms with Crippen LogP contribution in [-0.2, 0) is 6.42 Å². The van der Waals surface area contributed by atoms with Gasteiger partial charge >= 0.3 is 0 Å². The number of tetrazole rings is 1. The van der Waals surface area contributed by atoms with Gasteiger partial charge in [-0.2, -0.15) is 0 Å². The lowest BCUT2D eigenvalue weighted by Gasteiger charge is -2.33. The maximum absolute atomic E-state index is 13.0. The van der Waals surface area contributed by atoms with Crippen LogP contribution in [0.1, 0.15) is 51.6 Å². The highest BCUT2D eigenvalue weighted by molar-refractivity contribution is 5.96.